The van der Waals surface area contributed by atoms with E-state index in [9.17, 15) is 14.4 Å². The Kier molecular flexibility index (Phi) is 7.15. The molecule has 2 aliphatic heterocycles. The molecule has 28 heavy (non-hydrogen) atoms. The highest BCUT2D eigenvalue weighted by Crippen LogP contribution is 2.22. The summed E-state index contributed by atoms with van der Waals surface area (Å²) < 4.78 is 5.21. The molecule has 7 nitrogen and oxygen atoms in total. The SMILES string of the molecule is O=C(CCc1ccc(Cl)cc1Cl)N1CCN(C(=O)C(=O)N2CCOCC2)CC1. The van der Waals surface area contributed by atoms with Crippen LogP contribution in [-0.4, -0.2) is 84.9 Å². The summed E-state index contributed by atoms with van der Waals surface area (Å²) in [5.41, 5.74) is 0.879. The van der Waals surface area contributed by atoms with E-state index in [-0.39, 0.29) is 5.91 Å². The monoisotopic (exact) mass is 427 g/mol. The lowest BCUT2D eigenvalue weighted by Crippen LogP contribution is -2.55. The second-order valence-electron chi connectivity index (χ2n) is 6.81. The van der Waals surface area contributed by atoms with E-state index in [4.69, 9.17) is 27.9 Å². The Balaban J connectivity index is 1.45. The quantitative estimate of drug-likeness (QED) is 0.684. The first-order valence-electron chi connectivity index (χ1n) is 9.33. The summed E-state index contributed by atoms with van der Waals surface area (Å²) in [5.74, 6) is -0.972. The van der Waals surface area contributed by atoms with Crippen LogP contribution in [0.3, 0.4) is 0 Å². The summed E-state index contributed by atoms with van der Waals surface area (Å²) in [6.07, 6.45) is 0.867. The number of ether oxygens (including phenoxy) is 1. The van der Waals surface area contributed by atoms with E-state index in [2.05, 4.69) is 0 Å². The highest BCUT2D eigenvalue weighted by Gasteiger charge is 2.31. The van der Waals surface area contributed by atoms with Gasteiger partial charge in [-0.15, -0.1) is 0 Å². The Hall–Kier alpha value is -1.83. The highest BCUT2D eigenvalue weighted by atomic mass is 35.5. The highest BCUT2D eigenvalue weighted by molar-refractivity contribution is 6.35. The van der Waals surface area contributed by atoms with Gasteiger partial charge in [0.2, 0.25) is 5.91 Å². The number of halogens is 2. The van der Waals surface area contributed by atoms with E-state index < -0.39 is 11.8 Å². The lowest BCUT2D eigenvalue weighted by atomic mass is 10.1. The van der Waals surface area contributed by atoms with Crippen molar-refractivity contribution in [1.29, 1.82) is 0 Å². The molecule has 0 radical (unpaired) electrons. The minimum absolute atomic E-state index is 0.0117. The fourth-order valence-corrected chi connectivity index (χ4v) is 3.82. The van der Waals surface area contributed by atoms with Crippen LogP contribution < -0.4 is 0 Å². The number of rotatable bonds is 3. The summed E-state index contributed by atoms with van der Waals surface area (Å²) in [5, 5.41) is 1.12. The number of carbonyl (C=O) groups excluding carboxylic acids is 3. The smallest absolute Gasteiger partial charge is 0.312 e. The van der Waals surface area contributed by atoms with Gasteiger partial charge in [-0.25, -0.2) is 0 Å². The number of hydrogen-bond acceptors (Lipinski definition) is 4. The molecule has 3 amide bonds. The molecule has 1 aromatic rings. The summed E-state index contributed by atoms with van der Waals surface area (Å²) in [6, 6.07) is 5.24. The second kappa shape index (κ2) is 9.58. The first-order chi connectivity index (χ1) is 13.5. The maximum atomic E-state index is 12.5. The molecule has 0 bridgehead atoms. The van der Waals surface area contributed by atoms with Gasteiger partial charge in [-0.2, -0.15) is 0 Å². The molecule has 3 rings (SSSR count). The normalized spacial score (nSPS) is 17.6. The molecular weight excluding hydrogens is 405 g/mol. The standard InChI is InChI=1S/C19H23Cl2N3O4/c20-15-3-1-14(16(21)13-15)2-4-17(25)22-5-7-23(8-6-22)18(26)19(27)24-9-11-28-12-10-24/h1,3,13H,2,4-12H2. The van der Waals surface area contributed by atoms with E-state index in [1.807, 2.05) is 6.07 Å². The van der Waals surface area contributed by atoms with Crippen molar-refractivity contribution in [3.8, 4) is 0 Å². The average Bonchev–Trinajstić information content (AvgIpc) is 2.72. The van der Waals surface area contributed by atoms with E-state index in [0.29, 0.717) is 75.4 Å². The van der Waals surface area contributed by atoms with Gasteiger partial charge < -0.3 is 19.4 Å². The number of piperazine rings is 1. The molecular formula is C19H23Cl2N3O4. The van der Waals surface area contributed by atoms with Crippen LogP contribution in [0.15, 0.2) is 18.2 Å². The van der Waals surface area contributed by atoms with Crippen molar-refractivity contribution >= 4 is 40.9 Å². The van der Waals surface area contributed by atoms with Crippen molar-refractivity contribution in [2.45, 2.75) is 12.8 Å². The summed E-state index contributed by atoms with van der Waals surface area (Å²) in [7, 11) is 0. The van der Waals surface area contributed by atoms with Crippen molar-refractivity contribution in [3.05, 3.63) is 33.8 Å². The van der Waals surface area contributed by atoms with Gasteiger partial charge in [0.25, 0.3) is 0 Å². The third-order valence-corrected chi connectivity index (χ3v) is 5.61. The number of benzene rings is 1. The van der Waals surface area contributed by atoms with Gasteiger partial charge in [0.1, 0.15) is 0 Å². The zero-order chi connectivity index (χ0) is 20.1. The van der Waals surface area contributed by atoms with Crippen molar-refractivity contribution in [2.75, 3.05) is 52.5 Å². The van der Waals surface area contributed by atoms with Gasteiger partial charge in [0, 0.05) is 55.7 Å². The van der Waals surface area contributed by atoms with Crippen LogP contribution in [0.2, 0.25) is 10.0 Å². The Morgan fingerprint density at radius 3 is 2.04 bits per heavy atom. The van der Waals surface area contributed by atoms with E-state index in [1.54, 1.807) is 17.0 Å². The lowest BCUT2D eigenvalue weighted by molar-refractivity contribution is -0.155. The average molecular weight is 428 g/mol. The summed E-state index contributed by atoms with van der Waals surface area (Å²) in [6.45, 7) is 3.37. The fourth-order valence-electron chi connectivity index (χ4n) is 3.32. The van der Waals surface area contributed by atoms with Crippen molar-refractivity contribution in [3.63, 3.8) is 0 Å². The maximum absolute atomic E-state index is 12.5. The molecule has 0 saturated carbocycles. The first kappa shape index (κ1) is 20.9. The van der Waals surface area contributed by atoms with E-state index in [0.717, 1.165) is 5.56 Å². The first-order valence-corrected chi connectivity index (χ1v) is 10.1. The van der Waals surface area contributed by atoms with Crippen LogP contribution >= 0.6 is 23.2 Å². The molecule has 1 aromatic carbocycles. The van der Waals surface area contributed by atoms with Gasteiger partial charge in [0.05, 0.1) is 13.2 Å². The molecule has 9 heteroatoms. The second-order valence-corrected chi connectivity index (χ2v) is 7.66. The van der Waals surface area contributed by atoms with Gasteiger partial charge in [0.15, 0.2) is 0 Å². The zero-order valence-electron chi connectivity index (χ0n) is 15.5. The van der Waals surface area contributed by atoms with Crippen molar-refractivity contribution < 1.29 is 19.1 Å². The topological polar surface area (TPSA) is 70.2 Å². The molecule has 0 spiro atoms. The number of aryl methyl sites for hydroxylation is 1. The van der Waals surface area contributed by atoms with Crippen molar-refractivity contribution in [1.82, 2.24) is 14.7 Å². The Labute approximate surface area is 174 Å². The summed E-state index contributed by atoms with van der Waals surface area (Å²) >= 11 is 12.0. The number of nitrogens with zero attached hydrogens (tertiary/aromatic N) is 3. The Morgan fingerprint density at radius 1 is 0.857 bits per heavy atom. The molecule has 2 fully saturated rings. The maximum Gasteiger partial charge on any atom is 0.312 e. The van der Waals surface area contributed by atoms with Crippen LogP contribution in [0, 0.1) is 0 Å². The van der Waals surface area contributed by atoms with Crippen LogP contribution in [0.25, 0.3) is 0 Å². The van der Waals surface area contributed by atoms with Gasteiger partial charge >= 0.3 is 11.8 Å². The molecule has 0 atom stereocenters. The number of amides is 3. The fraction of sp³-hybridized carbons (Fsp3) is 0.526. The van der Waals surface area contributed by atoms with Gasteiger partial charge in [-0.3, -0.25) is 14.4 Å². The number of morpholine rings is 1. The lowest BCUT2D eigenvalue weighted by Gasteiger charge is -2.36. The van der Waals surface area contributed by atoms with Crippen LogP contribution in [-0.2, 0) is 25.5 Å². The molecule has 152 valence electrons. The van der Waals surface area contributed by atoms with Gasteiger partial charge in [-0.1, -0.05) is 29.3 Å². The van der Waals surface area contributed by atoms with Crippen LogP contribution in [0.5, 0.6) is 0 Å². The molecule has 0 aromatic heterocycles. The molecule has 2 aliphatic rings. The van der Waals surface area contributed by atoms with Gasteiger partial charge in [-0.05, 0) is 24.1 Å². The molecule has 2 saturated heterocycles. The summed E-state index contributed by atoms with van der Waals surface area (Å²) in [4.78, 5) is 42.0. The minimum Gasteiger partial charge on any atom is -0.378 e. The van der Waals surface area contributed by atoms with E-state index >= 15 is 0 Å². The Bertz CT molecular complexity index is 745. The van der Waals surface area contributed by atoms with Crippen LogP contribution in [0.4, 0.5) is 0 Å². The largest absolute Gasteiger partial charge is 0.378 e. The molecule has 0 unspecified atom stereocenters. The molecule has 0 N–H and O–H groups in total. The third-order valence-electron chi connectivity index (χ3n) is 5.02. The van der Waals surface area contributed by atoms with E-state index in [1.165, 1.54) is 9.80 Å². The third kappa shape index (κ3) is 5.16. The Morgan fingerprint density at radius 2 is 1.43 bits per heavy atom. The van der Waals surface area contributed by atoms with Crippen LogP contribution in [0.1, 0.15) is 12.0 Å². The van der Waals surface area contributed by atoms with Crippen molar-refractivity contribution in [2.24, 2.45) is 0 Å². The number of hydrogen-bond donors (Lipinski definition) is 0. The number of carbonyl (C=O) groups is 3. The minimum atomic E-state index is -0.498. The zero-order valence-corrected chi connectivity index (χ0v) is 17.0. The predicted molar refractivity (Wildman–Crippen MR) is 105 cm³/mol. The predicted octanol–water partition coefficient (Wildman–Crippen LogP) is 1.46. The molecule has 0 aliphatic carbocycles. The molecule has 2 heterocycles.